The van der Waals surface area contributed by atoms with Crippen molar-refractivity contribution < 1.29 is 4.79 Å². The van der Waals surface area contributed by atoms with E-state index in [1.54, 1.807) is 6.21 Å². The molecule has 1 saturated heterocycles. The first-order valence-electron chi connectivity index (χ1n) is 11.4. The maximum Gasteiger partial charge on any atom is 0.271 e. The Morgan fingerprint density at radius 1 is 1.00 bits per heavy atom. The number of hydrogen-bond acceptors (Lipinski definition) is 5. The van der Waals surface area contributed by atoms with Gasteiger partial charge in [-0.15, -0.1) is 0 Å². The number of anilines is 2. The van der Waals surface area contributed by atoms with Crippen molar-refractivity contribution in [2.24, 2.45) is 5.10 Å². The number of carbonyl (C=O) groups is 1. The fourth-order valence-electron chi connectivity index (χ4n) is 4.02. The van der Waals surface area contributed by atoms with Crippen LogP contribution in [0.4, 0.5) is 11.4 Å². The van der Waals surface area contributed by atoms with Gasteiger partial charge in [-0.2, -0.15) is 5.10 Å². The Morgan fingerprint density at radius 2 is 1.71 bits per heavy atom. The zero-order chi connectivity index (χ0) is 23.9. The smallest absolute Gasteiger partial charge is 0.271 e. The fraction of sp³-hybridized carbons (Fsp3) is 0.259. The summed E-state index contributed by atoms with van der Waals surface area (Å²) in [7, 11) is 3.98. The van der Waals surface area contributed by atoms with E-state index in [2.05, 4.69) is 66.6 Å². The third kappa shape index (κ3) is 6.24. The summed E-state index contributed by atoms with van der Waals surface area (Å²) in [5, 5.41) is 4.11. The van der Waals surface area contributed by atoms with Gasteiger partial charge in [0.2, 0.25) is 0 Å². The topological polar surface area (TPSA) is 51.2 Å². The maximum absolute atomic E-state index is 12.5. The van der Waals surface area contributed by atoms with Gasteiger partial charge in [-0.3, -0.25) is 9.69 Å². The van der Waals surface area contributed by atoms with E-state index in [-0.39, 0.29) is 5.91 Å². The molecule has 0 spiro atoms. The van der Waals surface area contributed by atoms with E-state index >= 15 is 0 Å². The van der Waals surface area contributed by atoms with Gasteiger partial charge in [-0.25, -0.2) is 5.43 Å². The summed E-state index contributed by atoms with van der Waals surface area (Å²) in [5.74, 6) is -0.219. The third-order valence-corrected chi connectivity index (χ3v) is 6.58. The minimum absolute atomic E-state index is 0.219. The van der Waals surface area contributed by atoms with Crippen LogP contribution in [0.5, 0.6) is 0 Å². The van der Waals surface area contributed by atoms with Gasteiger partial charge in [-0.05, 0) is 63.5 Å². The van der Waals surface area contributed by atoms with Gasteiger partial charge < -0.3 is 9.80 Å². The van der Waals surface area contributed by atoms with Crippen LogP contribution in [0.2, 0.25) is 0 Å². The lowest BCUT2D eigenvalue weighted by atomic mass is 10.1. The van der Waals surface area contributed by atoms with Gasteiger partial charge >= 0.3 is 0 Å². The molecule has 3 aromatic rings. The third-order valence-electron chi connectivity index (χ3n) is 5.95. The van der Waals surface area contributed by atoms with Crippen LogP contribution >= 0.6 is 15.9 Å². The summed E-state index contributed by atoms with van der Waals surface area (Å²) in [6, 6.07) is 24.3. The Bertz CT molecular complexity index is 1120. The van der Waals surface area contributed by atoms with E-state index in [4.69, 9.17) is 0 Å². The Morgan fingerprint density at radius 3 is 2.35 bits per heavy atom. The molecular formula is C27H30BrN5O. The molecule has 1 aliphatic rings. The zero-order valence-corrected chi connectivity index (χ0v) is 21.2. The lowest BCUT2D eigenvalue weighted by Crippen LogP contribution is -2.45. The highest BCUT2D eigenvalue weighted by molar-refractivity contribution is 9.10. The lowest BCUT2D eigenvalue weighted by Gasteiger charge is -2.36. The quantitative estimate of drug-likeness (QED) is 0.366. The molecule has 1 heterocycles. The number of piperazine rings is 1. The van der Waals surface area contributed by atoms with Crippen molar-refractivity contribution in [3.05, 3.63) is 94.0 Å². The molecular weight excluding hydrogens is 490 g/mol. The number of carbonyl (C=O) groups excluding carboxylic acids is 1. The van der Waals surface area contributed by atoms with Crippen LogP contribution in [-0.4, -0.2) is 57.3 Å². The predicted octanol–water partition coefficient (Wildman–Crippen LogP) is 4.60. The van der Waals surface area contributed by atoms with E-state index in [1.165, 1.54) is 11.3 Å². The second-order valence-corrected chi connectivity index (χ2v) is 9.45. The lowest BCUT2D eigenvalue weighted by molar-refractivity contribution is 0.0955. The van der Waals surface area contributed by atoms with Gasteiger partial charge in [0.1, 0.15) is 0 Å². The molecule has 34 heavy (non-hydrogen) atoms. The zero-order valence-electron chi connectivity index (χ0n) is 19.6. The second kappa shape index (κ2) is 11.3. The normalized spacial score (nSPS) is 14.4. The summed E-state index contributed by atoms with van der Waals surface area (Å²) in [5.41, 5.74) is 7.69. The highest BCUT2D eigenvalue weighted by atomic mass is 79.9. The average Bonchev–Trinajstić information content (AvgIpc) is 2.85. The fourth-order valence-corrected chi connectivity index (χ4v) is 4.77. The first-order valence-corrected chi connectivity index (χ1v) is 12.2. The highest BCUT2D eigenvalue weighted by Gasteiger charge is 2.17. The molecule has 6 nitrogen and oxygen atoms in total. The molecule has 0 radical (unpaired) electrons. The summed E-state index contributed by atoms with van der Waals surface area (Å²) in [4.78, 5) is 19.4. The van der Waals surface area contributed by atoms with Crippen molar-refractivity contribution in [1.82, 2.24) is 10.3 Å². The van der Waals surface area contributed by atoms with E-state index in [0.717, 1.165) is 48.4 Å². The molecule has 1 aliphatic heterocycles. The minimum atomic E-state index is -0.219. The van der Waals surface area contributed by atoms with Crippen LogP contribution in [0.15, 0.2) is 82.4 Å². The molecule has 1 fully saturated rings. The number of hydrogen-bond donors (Lipinski definition) is 1. The number of rotatable bonds is 7. The monoisotopic (exact) mass is 519 g/mol. The molecule has 176 valence electrons. The molecule has 0 aromatic heterocycles. The molecule has 0 aliphatic carbocycles. The van der Waals surface area contributed by atoms with Crippen LogP contribution in [0.25, 0.3) is 0 Å². The molecule has 0 atom stereocenters. The Labute approximate surface area is 210 Å². The summed E-state index contributed by atoms with van der Waals surface area (Å²) in [6.07, 6.45) is 1.64. The van der Waals surface area contributed by atoms with Crippen LogP contribution in [0.1, 0.15) is 21.5 Å². The number of amides is 1. The number of para-hydroxylation sites is 1. The standard InChI is InChI=1S/C27H30BrN5O/c1-31(2)26-13-10-22(18-25(26)28)19-29-30-27(34)23-11-8-21(9-12-23)20-32-14-16-33(17-15-32)24-6-4-3-5-7-24/h3-13,18-19H,14-17,20H2,1-2H3,(H,30,34)/b29-19-. The van der Waals surface area contributed by atoms with Gasteiger partial charge in [0.25, 0.3) is 5.91 Å². The highest BCUT2D eigenvalue weighted by Crippen LogP contribution is 2.25. The van der Waals surface area contributed by atoms with Crippen molar-refractivity contribution >= 4 is 39.4 Å². The molecule has 1 amide bonds. The van der Waals surface area contributed by atoms with Crippen molar-refractivity contribution in [1.29, 1.82) is 0 Å². The number of hydrazone groups is 1. The largest absolute Gasteiger partial charge is 0.377 e. The van der Waals surface area contributed by atoms with Crippen LogP contribution in [-0.2, 0) is 6.54 Å². The SMILES string of the molecule is CN(C)c1ccc(/C=N\NC(=O)c2ccc(CN3CCN(c4ccccc4)CC3)cc2)cc1Br. The van der Waals surface area contributed by atoms with Gasteiger partial charge in [0, 0.05) is 62.5 Å². The molecule has 0 bridgehead atoms. The van der Waals surface area contributed by atoms with Gasteiger partial charge in [0.05, 0.1) is 11.9 Å². The summed E-state index contributed by atoms with van der Waals surface area (Å²) in [6.45, 7) is 4.99. The van der Waals surface area contributed by atoms with Gasteiger partial charge in [-0.1, -0.05) is 36.4 Å². The number of nitrogens with zero attached hydrogens (tertiary/aromatic N) is 4. The average molecular weight is 520 g/mol. The molecule has 1 N–H and O–H groups in total. The van der Waals surface area contributed by atoms with Crippen molar-refractivity contribution in [3.8, 4) is 0 Å². The van der Waals surface area contributed by atoms with Gasteiger partial charge in [0.15, 0.2) is 0 Å². The van der Waals surface area contributed by atoms with Crippen molar-refractivity contribution in [2.75, 3.05) is 50.1 Å². The predicted molar refractivity (Wildman–Crippen MR) is 144 cm³/mol. The van der Waals surface area contributed by atoms with E-state index < -0.39 is 0 Å². The molecule has 7 heteroatoms. The van der Waals surface area contributed by atoms with E-state index in [0.29, 0.717) is 5.56 Å². The first kappa shape index (κ1) is 24.0. The van der Waals surface area contributed by atoms with E-state index in [1.807, 2.05) is 61.5 Å². The minimum Gasteiger partial charge on any atom is -0.377 e. The Kier molecular flexibility index (Phi) is 7.98. The molecule has 0 unspecified atom stereocenters. The van der Waals surface area contributed by atoms with Crippen molar-refractivity contribution in [2.45, 2.75) is 6.54 Å². The Hall–Kier alpha value is -3.16. The number of benzene rings is 3. The summed E-state index contributed by atoms with van der Waals surface area (Å²) >= 11 is 3.56. The van der Waals surface area contributed by atoms with Crippen molar-refractivity contribution in [3.63, 3.8) is 0 Å². The Balaban J connectivity index is 1.26. The molecule has 3 aromatic carbocycles. The maximum atomic E-state index is 12.5. The second-order valence-electron chi connectivity index (χ2n) is 8.60. The first-order chi connectivity index (χ1) is 16.5. The van der Waals surface area contributed by atoms with E-state index in [9.17, 15) is 4.79 Å². The molecule has 4 rings (SSSR count). The number of nitrogens with one attached hydrogen (secondary N) is 1. The molecule has 0 saturated carbocycles. The van der Waals surface area contributed by atoms with Crippen LogP contribution in [0, 0.1) is 0 Å². The van der Waals surface area contributed by atoms with Crippen LogP contribution in [0.3, 0.4) is 0 Å². The van der Waals surface area contributed by atoms with Crippen LogP contribution < -0.4 is 15.2 Å². The summed E-state index contributed by atoms with van der Waals surface area (Å²) < 4.78 is 0.977. The number of halogens is 1.